The number of carbonyl (C=O) groups excluding carboxylic acids is 1. The summed E-state index contributed by atoms with van der Waals surface area (Å²) in [4.78, 5) is 12.0. The van der Waals surface area contributed by atoms with Gasteiger partial charge in [-0.3, -0.25) is 4.79 Å². The predicted octanol–water partition coefficient (Wildman–Crippen LogP) is 3.05. The number of benzene rings is 2. The van der Waals surface area contributed by atoms with Crippen LogP contribution >= 0.6 is 11.6 Å². The standard InChI is InChI=1S/C16H13ClFNO3/c17-10-5-6-12(13(18)7-10)16(20)19-8-11-9-21-14-3-1-2-4-15(14)22-11/h1-7,11H,8-9H2,(H,19,20). The van der Waals surface area contributed by atoms with Crippen molar-refractivity contribution >= 4 is 17.5 Å². The Kier molecular flexibility index (Phi) is 4.15. The lowest BCUT2D eigenvalue weighted by atomic mass is 10.2. The average molecular weight is 322 g/mol. The molecule has 0 fully saturated rings. The maximum Gasteiger partial charge on any atom is 0.254 e. The Bertz CT molecular complexity index is 708. The van der Waals surface area contributed by atoms with E-state index < -0.39 is 11.7 Å². The van der Waals surface area contributed by atoms with Crippen molar-refractivity contribution in [2.75, 3.05) is 13.2 Å². The van der Waals surface area contributed by atoms with Gasteiger partial charge in [0.1, 0.15) is 18.5 Å². The van der Waals surface area contributed by atoms with Crippen LogP contribution in [-0.4, -0.2) is 25.2 Å². The van der Waals surface area contributed by atoms with Crippen LogP contribution in [0.2, 0.25) is 5.02 Å². The van der Waals surface area contributed by atoms with Crippen LogP contribution in [-0.2, 0) is 0 Å². The quantitative estimate of drug-likeness (QED) is 0.945. The molecule has 0 radical (unpaired) electrons. The lowest BCUT2D eigenvalue weighted by Crippen LogP contribution is -2.40. The monoisotopic (exact) mass is 321 g/mol. The summed E-state index contributed by atoms with van der Waals surface area (Å²) >= 11 is 5.66. The normalized spacial score (nSPS) is 16.2. The number of nitrogens with one attached hydrogen (secondary N) is 1. The second kappa shape index (κ2) is 6.23. The molecule has 1 atom stereocenters. The molecule has 3 rings (SSSR count). The molecule has 0 spiro atoms. The first-order valence-electron chi connectivity index (χ1n) is 6.75. The second-order valence-corrected chi connectivity index (χ2v) is 5.27. The van der Waals surface area contributed by atoms with Gasteiger partial charge in [0.15, 0.2) is 11.5 Å². The Morgan fingerprint density at radius 1 is 1.27 bits per heavy atom. The number of amides is 1. The molecule has 0 saturated heterocycles. The number of fused-ring (bicyclic) bond motifs is 1. The van der Waals surface area contributed by atoms with Gasteiger partial charge in [-0.25, -0.2) is 4.39 Å². The number of hydrogen-bond donors (Lipinski definition) is 1. The summed E-state index contributed by atoms with van der Waals surface area (Å²) in [5, 5.41) is 2.88. The summed E-state index contributed by atoms with van der Waals surface area (Å²) < 4.78 is 24.9. The van der Waals surface area contributed by atoms with Gasteiger partial charge in [0.2, 0.25) is 0 Å². The zero-order valence-corrected chi connectivity index (χ0v) is 12.3. The lowest BCUT2D eigenvalue weighted by Gasteiger charge is -2.26. The van der Waals surface area contributed by atoms with E-state index in [2.05, 4.69) is 5.32 Å². The molecule has 1 amide bonds. The molecule has 1 unspecified atom stereocenters. The highest BCUT2D eigenvalue weighted by molar-refractivity contribution is 6.30. The largest absolute Gasteiger partial charge is 0.486 e. The maximum absolute atomic E-state index is 13.7. The minimum absolute atomic E-state index is 0.0541. The van der Waals surface area contributed by atoms with Crippen LogP contribution in [0.15, 0.2) is 42.5 Å². The molecule has 0 aliphatic carbocycles. The maximum atomic E-state index is 13.7. The van der Waals surface area contributed by atoms with Gasteiger partial charge in [-0.15, -0.1) is 0 Å². The highest BCUT2D eigenvalue weighted by Gasteiger charge is 2.21. The smallest absolute Gasteiger partial charge is 0.254 e. The van der Waals surface area contributed by atoms with Crippen LogP contribution in [0.3, 0.4) is 0 Å². The third kappa shape index (κ3) is 3.14. The van der Waals surface area contributed by atoms with E-state index in [1.54, 1.807) is 6.07 Å². The van der Waals surface area contributed by atoms with Gasteiger partial charge in [-0.05, 0) is 30.3 Å². The molecular formula is C16H13ClFNO3. The first kappa shape index (κ1) is 14.7. The summed E-state index contributed by atoms with van der Waals surface area (Å²) in [6.07, 6.45) is -0.325. The fraction of sp³-hybridized carbons (Fsp3) is 0.188. The molecule has 0 aromatic heterocycles. The summed E-state index contributed by atoms with van der Waals surface area (Å²) in [6, 6.07) is 11.2. The van der Waals surface area contributed by atoms with Crippen LogP contribution in [0.1, 0.15) is 10.4 Å². The Labute approximate surface area is 131 Å². The number of halogens is 2. The van der Waals surface area contributed by atoms with Gasteiger partial charge in [-0.2, -0.15) is 0 Å². The van der Waals surface area contributed by atoms with Crippen molar-refractivity contribution in [2.24, 2.45) is 0 Å². The van der Waals surface area contributed by atoms with E-state index in [1.165, 1.54) is 12.1 Å². The Morgan fingerprint density at radius 3 is 2.82 bits per heavy atom. The van der Waals surface area contributed by atoms with Crippen molar-refractivity contribution in [1.82, 2.24) is 5.32 Å². The number of rotatable bonds is 3. The summed E-state index contributed by atoms with van der Waals surface area (Å²) in [6.45, 7) is 0.537. The van der Waals surface area contributed by atoms with Crippen LogP contribution < -0.4 is 14.8 Å². The van der Waals surface area contributed by atoms with Crippen LogP contribution in [0, 0.1) is 5.82 Å². The number of hydrogen-bond acceptors (Lipinski definition) is 3. The molecule has 1 N–H and O–H groups in total. The Hall–Kier alpha value is -2.27. The van der Waals surface area contributed by atoms with E-state index >= 15 is 0 Å². The van der Waals surface area contributed by atoms with E-state index in [0.717, 1.165) is 6.07 Å². The Morgan fingerprint density at radius 2 is 2.05 bits per heavy atom. The third-order valence-corrected chi connectivity index (χ3v) is 3.47. The Balaban J connectivity index is 1.60. The van der Waals surface area contributed by atoms with Gasteiger partial charge >= 0.3 is 0 Å². The molecule has 6 heteroatoms. The molecule has 1 aliphatic heterocycles. The van der Waals surface area contributed by atoms with E-state index in [9.17, 15) is 9.18 Å². The fourth-order valence-corrected chi connectivity index (χ4v) is 2.30. The van der Waals surface area contributed by atoms with E-state index in [-0.39, 0.29) is 23.2 Å². The molecule has 2 aromatic carbocycles. The molecule has 1 aliphatic rings. The van der Waals surface area contributed by atoms with Crippen molar-refractivity contribution in [1.29, 1.82) is 0 Å². The first-order valence-corrected chi connectivity index (χ1v) is 7.13. The average Bonchev–Trinajstić information content (AvgIpc) is 2.52. The van der Waals surface area contributed by atoms with E-state index in [4.69, 9.17) is 21.1 Å². The van der Waals surface area contributed by atoms with Crippen molar-refractivity contribution in [3.05, 3.63) is 58.9 Å². The van der Waals surface area contributed by atoms with Crippen LogP contribution in [0.4, 0.5) is 4.39 Å². The van der Waals surface area contributed by atoms with Gasteiger partial charge in [0, 0.05) is 5.02 Å². The zero-order valence-electron chi connectivity index (χ0n) is 11.5. The molecular weight excluding hydrogens is 309 g/mol. The minimum atomic E-state index is -0.656. The lowest BCUT2D eigenvalue weighted by molar-refractivity contribution is 0.0787. The summed E-state index contributed by atoms with van der Waals surface area (Å²) in [5.41, 5.74) is -0.0541. The van der Waals surface area contributed by atoms with E-state index in [1.807, 2.05) is 18.2 Å². The van der Waals surface area contributed by atoms with Gasteiger partial charge < -0.3 is 14.8 Å². The third-order valence-electron chi connectivity index (χ3n) is 3.23. The van der Waals surface area contributed by atoms with Crippen molar-refractivity contribution in [3.63, 3.8) is 0 Å². The van der Waals surface area contributed by atoms with Crippen molar-refractivity contribution in [2.45, 2.75) is 6.10 Å². The summed E-state index contributed by atoms with van der Waals surface area (Å²) in [7, 11) is 0. The molecule has 114 valence electrons. The fourth-order valence-electron chi connectivity index (χ4n) is 2.14. The zero-order chi connectivity index (χ0) is 15.5. The van der Waals surface area contributed by atoms with E-state index in [0.29, 0.717) is 18.1 Å². The van der Waals surface area contributed by atoms with Crippen molar-refractivity contribution < 1.29 is 18.7 Å². The minimum Gasteiger partial charge on any atom is -0.486 e. The topological polar surface area (TPSA) is 47.6 Å². The second-order valence-electron chi connectivity index (χ2n) is 4.83. The van der Waals surface area contributed by atoms with Crippen molar-refractivity contribution in [3.8, 4) is 11.5 Å². The number of carbonyl (C=O) groups is 1. The number of para-hydroxylation sites is 2. The van der Waals surface area contributed by atoms with Gasteiger partial charge in [-0.1, -0.05) is 23.7 Å². The predicted molar refractivity (Wildman–Crippen MR) is 80.1 cm³/mol. The number of ether oxygens (including phenoxy) is 2. The first-order chi connectivity index (χ1) is 10.6. The SMILES string of the molecule is O=C(NCC1COc2ccccc2O1)c1ccc(Cl)cc1F. The highest BCUT2D eigenvalue weighted by Crippen LogP contribution is 2.30. The highest BCUT2D eigenvalue weighted by atomic mass is 35.5. The van der Waals surface area contributed by atoms with Gasteiger partial charge in [0.25, 0.3) is 5.91 Å². The molecule has 0 bridgehead atoms. The molecule has 22 heavy (non-hydrogen) atoms. The molecule has 0 saturated carbocycles. The van der Waals surface area contributed by atoms with Crippen LogP contribution in [0.25, 0.3) is 0 Å². The van der Waals surface area contributed by atoms with Crippen LogP contribution in [0.5, 0.6) is 11.5 Å². The molecule has 4 nitrogen and oxygen atoms in total. The molecule has 2 aromatic rings. The van der Waals surface area contributed by atoms with Gasteiger partial charge in [0.05, 0.1) is 12.1 Å². The molecule has 1 heterocycles. The summed E-state index contributed by atoms with van der Waals surface area (Å²) in [5.74, 6) is 0.132.